The van der Waals surface area contributed by atoms with Gasteiger partial charge in [-0.05, 0) is 61.1 Å². The van der Waals surface area contributed by atoms with Gasteiger partial charge in [-0.3, -0.25) is 9.48 Å². The number of aromatic nitrogens is 2. The van der Waals surface area contributed by atoms with E-state index in [1.54, 1.807) is 47.4 Å². The quantitative estimate of drug-likeness (QED) is 0.477. The Bertz CT molecular complexity index is 988. The van der Waals surface area contributed by atoms with Crippen LogP contribution in [0.1, 0.15) is 22.8 Å². The summed E-state index contributed by atoms with van der Waals surface area (Å²) in [5.74, 6) is -0.366. The molecule has 0 fully saturated rings. The van der Waals surface area contributed by atoms with E-state index < -0.39 is 0 Å². The van der Waals surface area contributed by atoms with Gasteiger partial charge in [0.05, 0.1) is 18.4 Å². The molecule has 0 saturated carbocycles. The van der Waals surface area contributed by atoms with E-state index in [2.05, 4.69) is 15.7 Å². The number of benzene rings is 2. The summed E-state index contributed by atoms with van der Waals surface area (Å²) in [7, 11) is 0. The molecule has 138 valence electrons. The van der Waals surface area contributed by atoms with Crippen LogP contribution in [0.5, 0.6) is 0 Å². The van der Waals surface area contributed by atoms with Gasteiger partial charge < -0.3 is 10.6 Å². The number of anilines is 2. The average Bonchev–Trinajstić information content (AvgIpc) is 3.04. The van der Waals surface area contributed by atoms with Crippen molar-refractivity contribution in [1.29, 1.82) is 0 Å². The van der Waals surface area contributed by atoms with Gasteiger partial charge in [0.1, 0.15) is 5.82 Å². The minimum Gasteiger partial charge on any atom is -0.332 e. The van der Waals surface area contributed by atoms with Crippen LogP contribution in [0.4, 0.5) is 15.8 Å². The molecule has 1 heterocycles. The van der Waals surface area contributed by atoms with Crippen molar-refractivity contribution in [3.63, 3.8) is 0 Å². The lowest BCUT2D eigenvalue weighted by atomic mass is 10.1. The first-order valence-corrected chi connectivity index (χ1v) is 8.85. The predicted octanol–water partition coefficient (Wildman–Crippen LogP) is 4.74. The van der Waals surface area contributed by atoms with E-state index in [9.17, 15) is 9.18 Å². The molecule has 8 heteroatoms. The van der Waals surface area contributed by atoms with Gasteiger partial charge in [-0.25, -0.2) is 4.39 Å². The fourth-order valence-corrected chi connectivity index (χ4v) is 2.88. The number of hydrogen-bond acceptors (Lipinski definition) is 3. The molecule has 0 radical (unpaired) electrons. The molecule has 0 saturated heterocycles. The number of carbonyl (C=O) groups excluding carboxylic acids is 1. The second kappa shape index (κ2) is 8.28. The second-order valence-corrected chi connectivity index (χ2v) is 6.69. The standard InChI is InChI=1S/C19H16ClFN4OS/c1-12(26)13-3-6-16(7-4-13)23-19(27)24-17-9-22-25(11-17)10-14-2-5-15(21)8-18(14)20/h2-9,11H,10H2,1H3,(H2,23,24,27). The summed E-state index contributed by atoms with van der Waals surface area (Å²) in [6, 6.07) is 11.3. The van der Waals surface area contributed by atoms with Crippen molar-refractivity contribution in [2.45, 2.75) is 13.5 Å². The summed E-state index contributed by atoms with van der Waals surface area (Å²) < 4.78 is 14.8. The summed E-state index contributed by atoms with van der Waals surface area (Å²) in [4.78, 5) is 11.3. The van der Waals surface area contributed by atoms with Crippen LogP contribution in [0.15, 0.2) is 54.9 Å². The third-order valence-corrected chi connectivity index (χ3v) is 4.34. The molecule has 0 amide bonds. The average molecular weight is 403 g/mol. The second-order valence-electron chi connectivity index (χ2n) is 5.87. The van der Waals surface area contributed by atoms with Crippen LogP contribution in [0, 0.1) is 5.82 Å². The molecule has 0 bridgehead atoms. The van der Waals surface area contributed by atoms with Crippen LogP contribution in [-0.2, 0) is 6.54 Å². The lowest BCUT2D eigenvalue weighted by Crippen LogP contribution is -2.18. The molecule has 0 atom stereocenters. The molecule has 0 aliphatic heterocycles. The SMILES string of the molecule is CC(=O)c1ccc(NC(=S)Nc2cnn(Cc3ccc(F)cc3Cl)c2)cc1. The lowest BCUT2D eigenvalue weighted by Gasteiger charge is -2.09. The van der Waals surface area contributed by atoms with Gasteiger partial charge in [0.25, 0.3) is 0 Å². The number of ketones is 1. The van der Waals surface area contributed by atoms with E-state index in [0.29, 0.717) is 27.9 Å². The van der Waals surface area contributed by atoms with Gasteiger partial charge in [0.15, 0.2) is 10.9 Å². The van der Waals surface area contributed by atoms with Crippen molar-refractivity contribution in [2.75, 3.05) is 10.6 Å². The summed E-state index contributed by atoms with van der Waals surface area (Å²) in [5.41, 5.74) is 2.87. The number of Topliss-reactive ketones (excluding diaryl/α,β-unsaturated/α-hetero) is 1. The first-order valence-electron chi connectivity index (χ1n) is 8.06. The Morgan fingerprint density at radius 3 is 2.56 bits per heavy atom. The monoisotopic (exact) mass is 402 g/mol. The summed E-state index contributed by atoms with van der Waals surface area (Å²) >= 11 is 11.3. The van der Waals surface area contributed by atoms with E-state index in [4.69, 9.17) is 23.8 Å². The van der Waals surface area contributed by atoms with Crippen LogP contribution < -0.4 is 10.6 Å². The molecule has 27 heavy (non-hydrogen) atoms. The molecule has 0 spiro atoms. The Hall–Kier alpha value is -2.77. The molecule has 1 aromatic heterocycles. The van der Waals surface area contributed by atoms with Crippen LogP contribution >= 0.6 is 23.8 Å². The fourth-order valence-electron chi connectivity index (χ4n) is 2.42. The molecule has 5 nitrogen and oxygen atoms in total. The fraction of sp³-hybridized carbons (Fsp3) is 0.105. The molecule has 0 aliphatic rings. The van der Waals surface area contributed by atoms with Gasteiger partial charge in [0, 0.05) is 22.5 Å². The lowest BCUT2D eigenvalue weighted by molar-refractivity contribution is 0.101. The molecule has 2 N–H and O–H groups in total. The maximum Gasteiger partial charge on any atom is 0.175 e. The van der Waals surface area contributed by atoms with Gasteiger partial charge in [-0.1, -0.05) is 17.7 Å². The first-order chi connectivity index (χ1) is 12.9. The van der Waals surface area contributed by atoms with Gasteiger partial charge >= 0.3 is 0 Å². The number of carbonyl (C=O) groups is 1. The van der Waals surface area contributed by atoms with Crippen molar-refractivity contribution in [2.24, 2.45) is 0 Å². The Balaban J connectivity index is 1.59. The molecule has 0 unspecified atom stereocenters. The van der Waals surface area contributed by atoms with Crippen molar-refractivity contribution in [3.05, 3.63) is 76.8 Å². The molecule has 3 rings (SSSR count). The predicted molar refractivity (Wildman–Crippen MR) is 109 cm³/mol. The number of nitrogens with zero attached hydrogens (tertiary/aromatic N) is 2. The molecular formula is C19H16ClFN4OS. The minimum absolute atomic E-state index is 0.0101. The van der Waals surface area contributed by atoms with E-state index in [1.807, 2.05) is 0 Å². The van der Waals surface area contributed by atoms with Crippen LogP contribution in [0.3, 0.4) is 0 Å². The van der Waals surface area contributed by atoms with E-state index in [-0.39, 0.29) is 11.6 Å². The number of rotatable bonds is 5. The molecular weight excluding hydrogens is 387 g/mol. The normalized spacial score (nSPS) is 10.5. The van der Waals surface area contributed by atoms with Crippen molar-refractivity contribution in [3.8, 4) is 0 Å². The van der Waals surface area contributed by atoms with Gasteiger partial charge in [-0.2, -0.15) is 5.10 Å². The van der Waals surface area contributed by atoms with E-state index in [1.165, 1.54) is 19.1 Å². The highest BCUT2D eigenvalue weighted by Gasteiger charge is 2.06. The third-order valence-electron chi connectivity index (χ3n) is 3.79. The Morgan fingerprint density at radius 1 is 1.19 bits per heavy atom. The first kappa shape index (κ1) is 19.0. The van der Waals surface area contributed by atoms with Crippen molar-refractivity contribution >= 4 is 46.1 Å². The number of nitrogens with one attached hydrogen (secondary N) is 2. The maximum absolute atomic E-state index is 13.1. The van der Waals surface area contributed by atoms with Crippen molar-refractivity contribution < 1.29 is 9.18 Å². The van der Waals surface area contributed by atoms with E-state index >= 15 is 0 Å². The highest BCUT2D eigenvalue weighted by atomic mass is 35.5. The smallest absolute Gasteiger partial charge is 0.175 e. The topological polar surface area (TPSA) is 59.0 Å². The van der Waals surface area contributed by atoms with Crippen LogP contribution in [0.25, 0.3) is 0 Å². The highest BCUT2D eigenvalue weighted by molar-refractivity contribution is 7.80. The van der Waals surface area contributed by atoms with E-state index in [0.717, 1.165) is 11.3 Å². The Kier molecular flexibility index (Phi) is 5.83. The van der Waals surface area contributed by atoms with Gasteiger partial charge in [0.2, 0.25) is 0 Å². The van der Waals surface area contributed by atoms with Crippen LogP contribution in [0.2, 0.25) is 5.02 Å². The van der Waals surface area contributed by atoms with Gasteiger partial charge in [-0.15, -0.1) is 0 Å². The molecule has 3 aromatic rings. The zero-order valence-electron chi connectivity index (χ0n) is 14.4. The zero-order chi connectivity index (χ0) is 19.4. The third kappa shape index (κ3) is 5.12. The number of thiocarbonyl (C=S) groups is 1. The minimum atomic E-state index is -0.376. The maximum atomic E-state index is 13.1. The largest absolute Gasteiger partial charge is 0.332 e. The summed E-state index contributed by atoms with van der Waals surface area (Å²) in [6.07, 6.45) is 3.40. The van der Waals surface area contributed by atoms with Crippen molar-refractivity contribution in [1.82, 2.24) is 9.78 Å². The zero-order valence-corrected chi connectivity index (χ0v) is 15.9. The van der Waals surface area contributed by atoms with Crippen LogP contribution in [-0.4, -0.2) is 20.7 Å². The highest BCUT2D eigenvalue weighted by Crippen LogP contribution is 2.19. The summed E-state index contributed by atoms with van der Waals surface area (Å²) in [6.45, 7) is 1.93. The molecule has 2 aromatic carbocycles. The number of hydrogen-bond donors (Lipinski definition) is 2. The molecule has 0 aliphatic carbocycles. The number of halogens is 2. The Morgan fingerprint density at radius 2 is 1.89 bits per heavy atom. The summed E-state index contributed by atoms with van der Waals surface area (Å²) in [5, 5.41) is 11.1. The Labute approximate surface area is 166 Å².